The van der Waals surface area contributed by atoms with Gasteiger partial charge in [0.2, 0.25) is 0 Å². The van der Waals surface area contributed by atoms with Gasteiger partial charge in [-0.3, -0.25) is 37.3 Å². The van der Waals surface area contributed by atoms with Crippen LogP contribution in [0, 0.1) is 17.8 Å². The molecule has 0 aromatic carbocycles. The summed E-state index contributed by atoms with van der Waals surface area (Å²) in [6.45, 7) is 11.9. The average molecular weight is 1440 g/mol. The van der Waals surface area contributed by atoms with Gasteiger partial charge < -0.3 is 33.8 Å². The molecule has 0 saturated heterocycles. The molecule has 98 heavy (non-hydrogen) atoms. The lowest BCUT2D eigenvalue weighted by molar-refractivity contribution is -0.161. The van der Waals surface area contributed by atoms with Gasteiger partial charge in [0.1, 0.15) is 19.3 Å². The summed E-state index contributed by atoms with van der Waals surface area (Å²) in [5.74, 6) is 0.189. The van der Waals surface area contributed by atoms with Gasteiger partial charge in [-0.25, -0.2) is 9.13 Å². The second kappa shape index (κ2) is 69.4. The van der Waals surface area contributed by atoms with Crippen molar-refractivity contribution in [3.63, 3.8) is 0 Å². The highest BCUT2D eigenvalue weighted by atomic mass is 31.2. The quantitative estimate of drug-likeness (QED) is 0.0222. The molecule has 0 amide bonds. The number of aliphatic hydroxyl groups is 1. The van der Waals surface area contributed by atoms with Crippen molar-refractivity contribution < 1.29 is 80.2 Å². The average Bonchev–Trinajstić information content (AvgIpc) is 1.02. The Morgan fingerprint density at radius 2 is 0.520 bits per heavy atom. The first-order chi connectivity index (χ1) is 47.3. The number of hydrogen-bond donors (Lipinski definition) is 3. The zero-order valence-electron chi connectivity index (χ0n) is 64.3. The van der Waals surface area contributed by atoms with Crippen molar-refractivity contribution in [3.05, 3.63) is 0 Å². The fourth-order valence-corrected chi connectivity index (χ4v) is 13.7. The minimum absolute atomic E-state index is 0.105. The Balaban J connectivity index is 5.25. The fourth-order valence-electron chi connectivity index (χ4n) is 12.1. The van der Waals surface area contributed by atoms with E-state index in [0.717, 1.165) is 108 Å². The topological polar surface area (TPSA) is 237 Å². The lowest BCUT2D eigenvalue weighted by Gasteiger charge is -2.21. The summed E-state index contributed by atoms with van der Waals surface area (Å²) in [6, 6.07) is 0. The highest BCUT2D eigenvalue weighted by Gasteiger charge is 2.30. The van der Waals surface area contributed by atoms with Gasteiger partial charge in [0.05, 0.1) is 26.4 Å². The number of ether oxygens (including phenoxy) is 4. The molecule has 0 aliphatic heterocycles. The molecule has 17 nitrogen and oxygen atoms in total. The van der Waals surface area contributed by atoms with Gasteiger partial charge >= 0.3 is 39.5 Å². The molecule has 0 bridgehead atoms. The van der Waals surface area contributed by atoms with Crippen LogP contribution in [0.25, 0.3) is 0 Å². The molecule has 582 valence electrons. The number of carbonyl (C=O) groups excluding carboxylic acids is 4. The summed E-state index contributed by atoms with van der Waals surface area (Å²) in [4.78, 5) is 72.9. The van der Waals surface area contributed by atoms with Gasteiger partial charge in [-0.1, -0.05) is 357 Å². The number of esters is 4. The SMILES string of the molecule is CCCCCCCCCCCCCCCCCCCC(=O)OC[C@H](COP(=O)(O)OC[C@@H](O)COP(=O)(O)OC[C@@H](COC(=O)CCCCCCCCCC(C)C)OC(=O)CCCCCCCCCCCCC(C)CC)OC(=O)CCCCCCCCCCCCCCCCC(C)C. The number of phosphoric ester groups is 2. The zero-order valence-corrected chi connectivity index (χ0v) is 66.0. The van der Waals surface area contributed by atoms with E-state index in [1.807, 2.05) is 0 Å². The van der Waals surface area contributed by atoms with Gasteiger partial charge in [0.25, 0.3) is 0 Å². The Labute approximate surface area is 600 Å². The molecular weight excluding hydrogens is 1280 g/mol. The minimum atomic E-state index is -4.96. The lowest BCUT2D eigenvalue weighted by Crippen LogP contribution is -2.30. The van der Waals surface area contributed by atoms with Crippen molar-refractivity contribution in [1.29, 1.82) is 0 Å². The van der Waals surface area contributed by atoms with Crippen LogP contribution in [-0.4, -0.2) is 96.7 Å². The molecule has 19 heteroatoms. The third kappa shape index (κ3) is 71.1. The molecule has 0 aliphatic rings. The first-order valence-electron chi connectivity index (χ1n) is 40.9. The molecule has 0 aromatic rings. The number of aliphatic hydroxyl groups excluding tert-OH is 1. The number of phosphoric acid groups is 2. The molecule has 0 rings (SSSR count). The number of rotatable bonds is 77. The van der Waals surface area contributed by atoms with Crippen LogP contribution in [-0.2, 0) is 65.4 Å². The highest BCUT2D eigenvalue weighted by Crippen LogP contribution is 2.45. The van der Waals surface area contributed by atoms with Gasteiger partial charge in [0.15, 0.2) is 12.2 Å². The van der Waals surface area contributed by atoms with Crippen molar-refractivity contribution >= 4 is 39.5 Å². The monoisotopic (exact) mass is 1440 g/mol. The van der Waals surface area contributed by atoms with E-state index >= 15 is 0 Å². The first kappa shape index (κ1) is 96.1. The van der Waals surface area contributed by atoms with E-state index in [0.29, 0.717) is 31.6 Å². The third-order valence-corrected chi connectivity index (χ3v) is 20.6. The summed E-state index contributed by atoms with van der Waals surface area (Å²) in [5.41, 5.74) is 0. The maximum Gasteiger partial charge on any atom is 0.472 e. The van der Waals surface area contributed by atoms with Crippen molar-refractivity contribution in [2.24, 2.45) is 17.8 Å². The number of unbranched alkanes of at least 4 members (excludes halogenated alkanes) is 44. The molecule has 6 atom stereocenters. The molecule has 3 unspecified atom stereocenters. The van der Waals surface area contributed by atoms with E-state index in [1.54, 1.807) is 0 Å². The fraction of sp³-hybridized carbons (Fsp3) is 0.949. The molecule has 0 heterocycles. The summed E-state index contributed by atoms with van der Waals surface area (Å²) in [6.07, 6.45) is 56.9. The normalized spacial score (nSPS) is 14.3. The van der Waals surface area contributed by atoms with E-state index < -0.39 is 97.5 Å². The Bertz CT molecular complexity index is 1910. The molecule has 0 spiro atoms. The first-order valence-corrected chi connectivity index (χ1v) is 43.9. The predicted octanol–water partition coefficient (Wildman–Crippen LogP) is 23.4. The van der Waals surface area contributed by atoms with Gasteiger partial charge in [-0.15, -0.1) is 0 Å². The lowest BCUT2D eigenvalue weighted by atomic mass is 9.99. The maximum atomic E-state index is 13.1. The van der Waals surface area contributed by atoms with Crippen LogP contribution in [0.2, 0.25) is 0 Å². The van der Waals surface area contributed by atoms with Crippen LogP contribution in [0.5, 0.6) is 0 Å². The Morgan fingerprint density at radius 3 is 0.776 bits per heavy atom. The standard InChI is InChI=1S/C79H154O17P2/c1-8-10-11-12-13-14-15-16-17-18-19-23-26-32-39-46-53-60-76(81)89-66-74(95-78(83)62-55-48-40-33-27-24-21-20-22-25-30-36-43-50-57-70(3)4)68-93-97(85,86)91-64-73(80)65-92-98(87,88)94-69-75(67-90-77(82)61-54-47-42-35-37-44-51-58-71(5)6)96-79(84)63-56-49-41-34-29-28-31-38-45-52-59-72(7)9-2/h70-75,80H,8-69H2,1-7H3,(H,85,86)(H,87,88)/t72?,73-,74-,75-/m1/s1. The Kier molecular flexibility index (Phi) is 68.1. The molecule has 0 fully saturated rings. The van der Waals surface area contributed by atoms with Gasteiger partial charge in [-0.2, -0.15) is 0 Å². The van der Waals surface area contributed by atoms with Crippen molar-refractivity contribution in [1.82, 2.24) is 0 Å². The van der Waals surface area contributed by atoms with Crippen LogP contribution in [0.15, 0.2) is 0 Å². The van der Waals surface area contributed by atoms with E-state index in [4.69, 9.17) is 37.0 Å². The summed E-state index contributed by atoms with van der Waals surface area (Å²) in [5, 5.41) is 10.6. The minimum Gasteiger partial charge on any atom is -0.462 e. The second-order valence-corrected chi connectivity index (χ2v) is 32.6. The summed E-state index contributed by atoms with van der Waals surface area (Å²) in [7, 11) is -9.92. The molecule has 0 radical (unpaired) electrons. The second-order valence-electron chi connectivity index (χ2n) is 29.6. The molecule has 3 N–H and O–H groups in total. The van der Waals surface area contributed by atoms with Gasteiger partial charge in [0, 0.05) is 25.7 Å². The number of carbonyl (C=O) groups is 4. The zero-order chi connectivity index (χ0) is 72.3. The van der Waals surface area contributed by atoms with Crippen LogP contribution in [0.1, 0.15) is 408 Å². The van der Waals surface area contributed by atoms with Crippen molar-refractivity contribution in [2.75, 3.05) is 39.6 Å². The van der Waals surface area contributed by atoms with Crippen LogP contribution >= 0.6 is 15.6 Å². The van der Waals surface area contributed by atoms with E-state index in [1.165, 1.54) is 212 Å². The summed E-state index contributed by atoms with van der Waals surface area (Å²) < 4.78 is 68.6. The van der Waals surface area contributed by atoms with E-state index in [2.05, 4.69) is 48.5 Å². The number of hydrogen-bond acceptors (Lipinski definition) is 15. The molecule has 0 aromatic heterocycles. The Hall–Kier alpha value is -1.94. The largest absolute Gasteiger partial charge is 0.472 e. The van der Waals surface area contributed by atoms with Crippen LogP contribution in [0.3, 0.4) is 0 Å². The highest BCUT2D eigenvalue weighted by molar-refractivity contribution is 7.47. The van der Waals surface area contributed by atoms with Crippen molar-refractivity contribution in [2.45, 2.75) is 426 Å². The van der Waals surface area contributed by atoms with E-state index in [-0.39, 0.29) is 25.7 Å². The smallest absolute Gasteiger partial charge is 0.462 e. The maximum absolute atomic E-state index is 13.1. The summed E-state index contributed by atoms with van der Waals surface area (Å²) >= 11 is 0. The van der Waals surface area contributed by atoms with Crippen LogP contribution in [0.4, 0.5) is 0 Å². The van der Waals surface area contributed by atoms with Gasteiger partial charge in [-0.05, 0) is 43.4 Å². The molecule has 0 aliphatic carbocycles. The predicted molar refractivity (Wildman–Crippen MR) is 400 cm³/mol. The molecular formula is C79H154O17P2. The van der Waals surface area contributed by atoms with E-state index in [9.17, 15) is 43.2 Å². The third-order valence-electron chi connectivity index (χ3n) is 18.7. The van der Waals surface area contributed by atoms with Crippen LogP contribution < -0.4 is 0 Å². The molecule has 0 saturated carbocycles. The van der Waals surface area contributed by atoms with Crippen molar-refractivity contribution in [3.8, 4) is 0 Å². The Morgan fingerprint density at radius 1 is 0.296 bits per heavy atom.